The monoisotopic (exact) mass is 245 g/mol. The number of hydrogen-bond acceptors (Lipinski definition) is 3. The van der Waals surface area contributed by atoms with Gasteiger partial charge in [0.1, 0.15) is 0 Å². The van der Waals surface area contributed by atoms with Crippen LogP contribution in [0, 0.1) is 0 Å². The summed E-state index contributed by atoms with van der Waals surface area (Å²) < 4.78 is 1.79. The van der Waals surface area contributed by atoms with E-state index in [1.54, 1.807) is 17.1 Å². The molecular formula is C11H11N5S. The molecular weight excluding hydrogens is 234 g/mol. The van der Waals surface area contributed by atoms with Crippen molar-refractivity contribution in [3.8, 4) is 5.69 Å². The number of aromatic nitrogens is 2. The van der Waals surface area contributed by atoms with Gasteiger partial charge in [0.05, 0.1) is 11.9 Å². The minimum Gasteiger partial charge on any atom is -0.375 e. The lowest BCUT2D eigenvalue weighted by molar-refractivity contribution is 0.880. The number of thiocarbonyl (C=S) groups is 1. The van der Waals surface area contributed by atoms with E-state index in [9.17, 15) is 0 Å². The Balaban J connectivity index is 2.08. The average Bonchev–Trinajstić information content (AvgIpc) is 2.83. The van der Waals surface area contributed by atoms with Crippen LogP contribution in [0.3, 0.4) is 0 Å². The molecule has 0 atom stereocenters. The Bertz CT molecular complexity index is 515. The zero-order chi connectivity index (χ0) is 12.1. The summed E-state index contributed by atoms with van der Waals surface area (Å²) in [5.41, 5.74) is 9.68. The molecule has 1 heterocycles. The van der Waals surface area contributed by atoms with Gasteiger partial charge in [-0.2, -0.15) is 10.2 Å². The fourth-order valence-corrected chi connectivity index (χ4v) is 1.36. The molecule has 0 bridgehead atoms. The van der Waals surface area contributed by atoms with Crippen molar-refractivity contribution in [3.63, 3.8) is 0 Å². The number of hydrazone groups is 1. The van der Waals surface area contributed by atoms with Gasteiger partial charge in [-0.1, -0.05) is 12.1 Å². The number of nitrogens with zero attached hydrogens (tertiary/aromatic N) is 3. The Morgan fingerprint density at radius 3 is 2.76 bits per heavy atom. The van der Waals surface area contributed by atoms with E-state index in [0.29, 0.717) is 0 Å². The molecule has 0 aliphatic carbocycles. The Hall–Kier alpha value is -2.21. The lowest BCUT2D eigenvalue weighted by atomic mass is 10.2. The minimum absolute atomic E-state index is 0.148. The van der Waals surface area contributed by atoms with Gasteiger partial charge in [-0.3, -0.25) is 5.43 Å². The van der Waals surface area contributed by atoms with Crippen LogP contribution in [0.25, 0.3) is 5.69 Å². The first-order valence-electron chi connectivity index (χ1n) is 4.94. The highest BCUT2D eigenvalue weighted by molar-refractivity contribution is 7.80. The van der Waals surface area contributed by atoms with Gasteiger partial charge in [0, 0.05) is 12.4 Å². The molecule has 1 aromatic heterocycles. The summed E-state index contributed by atoms with van der Waals surface area (Å²) in [4.78, 5) is 0. The van der Waals surface area contributed by atoms with E-state index in [0.717, 1.165) is 11.3 Å². The SMILES string of the molecule is NC(=S)NN=Cc1ccc(-n2cccn2)cc1. The molecule has 0 radical (unpaired) electrons. The van der Waals surface area contributed by atoms with Gasteiger partial charge in [-0.05, 0) is 36.0 Å². The van der Waals surface area contributed by atoms with Gasteiger partial charge in [-0.15, -0.1) is 0 Å². The standard InChI is InChI=1S/C11H11N5S/c12-11(17)15-13-8-9-2-4-10(5-3-9)16-7-1-6-14-16/h1-8H,(H3,12,15,17). The fraction of sp³-hybridized carbons (Fsp3) is 0. The van der Waals surface area contributed by atoms with E-state index in [1.807, 2.05) is 36.5 Å². The maximum Gasteiger partial charge on any atom is 0.184 e. The number of nitrogens with two attached hydrogens (primary N) is 1. The second-order valence-corrected chi connectivity index (χ2v) is 3.72. The molecule has 0 aliphatic rings. The summed E-state index contributed by atoms with van der Waals surface area (Å²) in [5, 5.41) is 8.16. The quantitative estimate of drug-likeness (QED) is 0.481. The van der Waals surface area contributed by atoms with E-state index < -0.39 is 0 Å². The largest absolute Gasteiger partial charge is 0.375 e. The topological polar surface area (TPSA) is 68.2 Å². The van der Waals surface area contributed by atoms with E-state index in [2.05, 4.69) is 27.8 Å². The van der Waals surface area contributed by atoms with E-state index in [4.69, 9.17) is 5.73 Å². The van der Waals surface area contributed by atoms with E-state index >= 15 is 0 Å². The van der Waals surface area contributed by atoms with Crippen LogP contribution < -0.4 is 11.2 Å². The molecule has 3 N–H and O–H groups in total. The van der Waals surface area contributed by atoms with Gasteiger partial charge >= 0.3 is 0 Å². The van der Waals surface area contributed by atoms with Crippen molar-refractivity contribution < 1.29 is 0 Å². The Morgan fingerprint density at radius 1 is 1.41 bits per heavy atom. The lowest BCUT2D eigenvalue weighted by Gasteiger charge is -2.01. The van der Waals surface area contributed by atoms with Crippen molar-refractivity contribution in [2.24, 2.45) is 10.8 Å². The van der Waals surface area contributed by atoms with Gasteiger partial charge in [0.15, 0.2) is 5.11 Å². The van der Waals surface area contributed by atoms with Crippen LogP contribution in [0.15, 0.2) is 47.8 Å². The molecule has 0 spiro atoms. The van der Waals surface area contributed by atoms with Gasteiger partial charge < -0.3 is 5.73 Å². The summed E-state index contributed by atoms with van der Waals surface area (Å²) >= 11 is 4.63. The Kier molecular flexibility index (Phi) is 3.46. The predicted octanol–water partition coefficient (Wildman–Crippen LogP) is 1.04. The normalized spacial score (nSPS) is 10.6. The first kappa shape index (κ1) is 11.3. The summed E-state index contributed by atoms with van der Waals surface area (Å²) in [6, 6.07) is 9.65. The van der Waals surface area contributed by atoms with Crippen LogP contribution in [-0.2, 0) is 0 Å². The zero-order valence-electron chi connectivity index (χ0n) is 8.95. The highest BCUT2D eigenvalue weighted by atomic mass is 32.1. The molecule has 5 nitrogen and oxygen atoms in total. The summed E-state index contributed by atoms with van der Waals surface area (Å²) in [6.07, 6.45) is 5.27. The van der Waals surface area contributed by atoms with Crippen LogP contribution >= 0.6 is 12.2 Å². The summed E-state index contributed by atoms with van der Waals surface area (Å²) in [5.74, 6) is 0. The molecule has 2 rings (SSSR count). The fourth-order valence-electron chi connectivity index (χ4n) is 1.31. The molecule has 6 heteroatoms. The van der Waals surface area contributed by atoms with E-state index in [-0.39, 0.29) is 5.11 Å². The van der Waals surface area contributed by atoms with Crippen molar-refractivity contribution in [2.45, 2.75) is 0 Å². The highest BCUT2D eigenvalue weighted by Gasteiger charge is 1.95. The van der Waals surface area contributed by atoms with Crippen molar-refractivity contribution in [3.05, 3.63) is 48.3 Å². The second-order valence-electron chi connectivity index (χ2n) is 3.28. The number of rotatable bonds is 3. The first-order chi connectivity index (χ1) is 8.25. The third-order valence-corrected chi connectivity index (χ3v) is 2.14. The van der Waals surface area contributed by atoms with Gasteiger partial charge in [-0.25, -0.2) is 4.68 Å². The van der Waals surface area contributed by atoms with Crippen LogP contribution in [0.5, 0.6) is 0 Å². The molecule has 0 aliphatic heterocycles. The van der Waals surface area contributed by atoms with Crippen molar-refractivity contribution in [1.29, 1.82) is 0 Å². The van der Waals surface area contributed by atoms with Crippen LogP contribution in [0.1, 0.15) is 5.56 Å². The Morgan fingerprint density at radius 2 is 2.18 bits per heavy atom. The summed E-state index contributed by atoms with van der Waals surface area (Å²) in [7, 11) is 0. The first-order valence-corrected chi connectivity index (χ1v) is 5.35. The maximum absolute atomic E-state index is 5.24. The van der Waals surface area contributed by atoms with E-state index in [1.165, 1.54) is 0 Å². The molecule has 0 saturated carbocycles. The zero-order valence-corrected chi connectivity index (χ0v) is 9.76. The molecule has 86 valence electrons. The van der Waals surface area contributed by atoms with Crippen LogP contribution in [0.4, 0.5) is 0 Å². The Labute approximate surface area is 104 Å². The van der Waals surface area contributed by atoms with Gasteiger partial charge in [0.25, 0.3) is 0 Å². The molecule has 2 aromatic rings. The molecule has 0 fully saturated rings. The molecule has 1 aromatic carbocycles. The lowest BCUT2D eigenvalue weighted by Crippen LogP contribution is -2.23. The van der Waals surface area contributed by atoms with Crippen LogP contribution in [0.2, 0.25) is 0 Å². The molecule has 0 unspecified atom stereocenters. The third kappa shape index (κ3) is 3.12. The molecule has 0 amide bonds. The average molecular weight is 245 g/mol. The van der Waals surface area contributed by atoms with Crippen molar-refractivity contribution >= 4 is 23.5 Å². The number of benzene rings is 1. The van der Waals surface area contributed by atoms with Crippen LogP contribution in [-0.4, -0.2) is 21.1 Å². The smallest absolute Gasteiger partial charge is 0.184 e. The highest BCUT2D eigenvalue weighted by Crippen LogP contribution is 2.06. The van der Waals surface area contributed by atoms with Crippen molar-refractivity contribution in [1.82, 2.24) is 15.2 Å². The third-order valence-electron chi connectivity index (χ3n) is 2.05. The second kappa shape index (κ2) is 5.22. The minimum atomic E-state index is 0.148. The number of hydrogen-bond donors (Lipinski definition) is 2. The van der Waals surface area contributed by atoms with Gasteiger partial charge in [0.2, 0.25) is 0 Å². The molecule has 0 saturated heterocycles. The maximum atomic E-state index is 5.24. The van der Waals surface area contributed by atoms with Crippen molar-refractivity contribution in [2.75, 3.05) is 0 Å². The predicted molar refractivity (Wildman–Crippen MR) is 71.1 cm³/mol. The molecule has 17 heavy (non-hydrogen) atoms. The number of nitrogens with one attached hydrogen (secondary N) is 1. The summed E-state index contributed by atoms with van der Waals surface area (Å²) in [6.45, 7) is 0.